The van der Waals surface area contributed by atoms with Crippen LogP contribution in [0.25, 0.3) is 5.69 Å². The van der Waals surface area contributed by atoms with Crippen molar-refractivity contribution in [2.24, 2.45) is 0 Å². The van der Waals surface area contributed by atoms with E-state index < -0.39 is 11.9 Å². The maximum absolute atomic E-state index is 11.5. The van der Waals surface area contributed by atoms with Gasteiger partial charge in [0.25, 0.3) is 0 Å². The topological polar surface area (TPSA) is 95.7 Å². The number of hydrogen-bond donors (Lipinski definition) is 2. The molecular weight excluding hydrogens is 322 g/mol. The number of carboxylic acids is 2. The molecule has 0 unspecified atom stereocenters. The van der Waals surface area contributed by atoms with E-state index in [2.05, 4.69) is 4.98 Å². The van der Waals surface area contributed by atoms with Gasteiger partial charge in [0, 0.05) is 41.6 Å². The van der Waals surface area contributed by atoms with Crippen LogP contribution in [0.1, 0.15) is 20.3 Å². The summed E-state index contributed by atoms with van der Waals surface area (Å²) in [5, 5.41) is 18.8. The summed E-state index contributed by atoms with van der Waals surface area (Å²) in [5.74, 6) is -2.22. The number of aliphatic carboxylic acids is 2. The second-order valence-electron chi connectivity index (χ2n) is 5.74. The van der Waals surface area contributed by atoms with E-state index in [0.29, 0.717) is 17.1 Å². The van der Waals surface area contributed by atoms with Crippen molar-refractivity contribution in [3.05, 3.63) is 65.5 Å². The minimum Gasteiger partial charge on any atom is -0.478 e. The first-order valence-corrected chi connectivity index (χ1v) is 7.64. The molecule has 0 amide bonds. The zero-order valence-electron chi connectivity index (χ0n) is 13.8. The fourth-order valence-corrected chi connectivity index (χ4v) is 2.99. The molecule has 0 atom stereocenters. The molecule has 7 heteroatoms. The van der Waals surface area contributed by atoms with Crippen LogP contribution in [0.5, 0.6) is 0 Å². The molecule has 128 valence electrons. The van der Waals surface area contributed by atoms with E-state index in [9.17, 15) is 19.8 Å². The highest BCUT2D eigenvalue weighted by molar-refractivity contribution is 5.97. The number of carbonyl (C=O) groups is 2. The Morgan fingerprint density at radius 3 is 1.92 bits per heavy atom. The first-order valence-electron chi connectivity index (χ1n) is 7.64. The van der Waals surface area contributed by atoms with Crippen molar-refractivity contribution in [2.75, 3.05) is 4.90 Å². The second kappa shape index (κ2) is 6.27. The molecule has 0 radical (unpaired) electrons. The average molecular weight is 339 g/mol. The lowest BCUT2D eigenvalue weighted by molar-refractivity contribution is -0.133. The van der Waals surface area contributed by atoms with Crippen LogP contribution in [0.3, 0.4) is 0 Å². The normalized spacial score (nSPS) is 14.9. The van der Waals surface area contributed by atoms with Gasteiger partial charge in [0.1, 0.15) is 0 Å². The number of anilines is 1. The largest absolute Gasteiger partial charge is 0.478 e. The lowest BCUT2D eigenvalue weighted by atomic mass is 9.96. The summed E-state index contributed by atoms with van der Waals surface area (Å²) >= 11 is 0. The van der Waals surface area contributed by atoms with Gasteiger partial charge in [0.05, 0.1) is 17.5 Å². The van der Waals surface area contributed by atoms with E-state index in [1.54, 1.807) is 31.3 Å². The minimum absolute atomic E-state index is 0.0849. The van der Waals surface area contributed by atoms with Crippen LogP contribution in [0.15, 0.2) is 65.5 Å². The zero-order chi connectivity index (χ0) is 18.1. The lowest BCUT2D eigenvalue weighted by Crippen LogP contribution is -2.29. The fraction of sp³-hybridized carbons (Fsp3) is 0.167. The predicted octanol–water partition coefficient (Wildman–Crippen LogP) is 2.80. The summed E-state index contributed by atoms with van der Waals surface area (Å²) in [5.41, 5.74) is 2.81. The first kappa shape index (κ1) is 16.5. The number of nitrogens with zero attached hydrogens (tertiary/aromatic N) is 3. The molecule has 7 nitrogen and oxygen atoms in total. The number of carboxylic acid groups (broad SMARTS) is 2. The molecule has 0 aliphatic carbocycles. The van der Waals surface area contributed by atoms with E-state index in [4.69, 9.17) is 0 Å². The lowest BCUT2D eigenvalue weighted by Gasteiger charge is -2.33. The van der Waals surface area contributed by atoms with Crippen molar-refractivity contribution in [3.8, 4) is 5.69 Å². The van der Waals surface area contributed by atoms with Crippen LogP contribution in [0, 0.1) is 0 Å². The molecule has 1 aromatic carbocycles. The van der Waals surface area contributed by atoms with E-state index >= 15 is 0 Å². The maximum atomic E-state index is 11.5. The smallest absolute Gasteiger partial charge is 0.333 e. The average Bonchev–Trinajstić information content (AvgIpc) is 3.09. The Morgan fingerprint density at radius 1 is 0.960 bits per heavy atom. The number of imidazole rings is 1. The van der Waals surface area contributed by atoms with Crippen molar-refractivity contribution < 1.29 is 19.8 Å². The highest BCUT2D eigenvalue weighted by atomic mass is 16.4. The van der Waals surface area contributed by atoms with Crippen LogP contribution in [-0.4, -0.2) is 31.7 Å². The van der Waals surface area contributed by atoms with Gasteiger partial charge in [0.2, 0.25) is 0 Å². The fourth-order valence-electron chi connectivity index (χ4n) is 2.99. The Morgan fingerprint density at radius 2 is 1.48 bits per heavy atom. The molecule has 3 rings (SSSR count). The van der Waals surface area contributed by atoms with Gasteiger partial charge < -0.3 is 19.7 Å². The van der Waals surface area contributed by atoms with E-state index in [1.807, 2.05) is 35.0 Å². The molecule has 0 saturated heterocycles. The minimum atomic E-state index is -1.11. The second-order valence-corrected chi connectivity index (χ2v) is 5.74. The van der Waals surface area contributed by atoms with E-state index in [-0.39, 0.29) is 17.6 Å². The molecule has 0 fully saturated rings. The van der Waals surface area contributed by atoms with Gasteiger partial charge in [-0.05, 0) is 38.1 Å². The molecule has 1 aliphatic rings. The van der Waals surface area contributed by atoms with Crippen molar-refractivity contribution in [2.45, 2.75) is 20.3 Å². The van der Waals surface area contributed by atoms with E-state index in [1.165, 1.54) is 0 Å². The zero-order valence-corrected chi connectivity index (χ0v) is 13.8. The predicted molar refractivity (Wildman–Crippen MR) is 91.3 cm³/mol. The molecule has 0 saturated carbocycles. The third kappa shape index (κ3) is 2.91. The Balaban J connectivity index is 2.07. The van der Waals surface area contributed by atoms with Crippen LogP contribution >= 0.6 is 0 Å². The van der Waals surface area contributed by atoms with Gasteiger partial charge >= 0.3 is 11.9 Å². The van der Waals surface area contributed by atoms with Crippen molar-refractivity contribution in [1.82, 2.24) is 9.55 Å². The third-order valence-electron chi connectivity index (χ3n) is 4.32. The van der Waals surface area contributed by atoms with Gasteiger partial charge in [-0.15, -0.1) is 0 Å². The van der Waals surface area contributed by atoms with Crippen LogP contribution in [0.2, 0.25) is 0 Å². The molecule has 2 N–H and O–H groups in total. The number of allylic oxidation sites excluding steroid dienone is 2. The summed E-state index contributed by atoms with van der Waals surface area (Å²) < 4.78 is 1.84. The number of benzene rings is 1. The molecule has 25 heavy (non-hydrogen) atoms. The summed E-state index contributed by atoms with van der Waals surface area (Å²) in [4.78, 5) is 28.7. The summed E-state index contributed by atoms with van der Waals surface area (Å²) in [6.07, 6.45) is 5.08. The Hall–Kier alpha value is -3.35. The van der Waals surface area contributed by atoms with Gasteiger partial charge in [-0.25, -0.2) is 14.6 Å². The maximum Gasteiger partial charge on any atom is 0.333 e. The Bertz CT molecular complexity index is 857. The molecule has 1 aliphatic heterocycles. The van der Waals surface area contributed by atoms with Crippen molar-refractivity contribution >= 4 is 17.6 Å². The third-order valence-corrected chi connectivity index (χ3v) is 4.32. The van der Waals surface area contributed by atoms with Gasteiger partial charge in [0.15, 0.2) is 0 Å². The number of rotatable bonds is 4. The van der Waals surface area contributed by atoms with Crippen molar-refractivity contribution in [3.63, 3.8) is 0 Å². The van der Waals surface area contributed by atoms with Crippen LogP contribution in [-0.2, 0) is 9.59 Å². The monoisotopic (exact) mass is 339 g/mol. The van der Waals surface area contributed by atoms with Gasteiger partial charge in [-0.3, -0.25) is 0 Å². The van der Waals surface area contributed by atoms with Crippen LogP contribution < -0.4 is 4.90 Å². The number of aromatic nitrogens is 2. The summed E-state index contributed by atoms with van der Waals surface area (Å²) in [6, 6.07) is 7.39. The molecule has 0 bridgehead atoms. The molecule has 2 aromatic rings. The molecular formula is C18H17N3O4. The molecule has 0 spiro atoms. The molecule has 1 aromatic heterocycles. The van der Waals surface area contributed by atoms with Crippen LogP contribution in [0.4, 0.5) is 5.69 Å². The standard InChI is InChI=1S/C18H17N3O4/c1-11-15(17(22)23)9-16(18(24)25)12(2)21(11)14-5-3-13(4-6-14)20-8-7-19-10-20/h3-8,10H,9H2,1-2H3,(H,22,23)(H,24,25). The Labute approximate surface area is 144 Å². The highest BCUT2D eigenvalue weighted by Crippen LogP contribution is 2.35. The molecule has 2 heterocycles. The van der Waals surface area contributed by atoms with Gasteiger partial charge in [-0.2, -0.15) is 0 Å². The Kier molecular flexibility index (Phi) is 4.14. The number of hydrogen-bond acceptors (Lipinski definition) is 4. The summed E-state index contributed by atoms with van der Waals surface area (Å²) in [7, 11) is 0. The van der Waals surface area contributed by atoms with Gasteiger partial charge in [-0.1, -0.05) is 0 Å². The van der Waals surface area contributed by atoms with E-state index in [0.717, 1.165) is 5.69 Å². The highest BCUT2D eigenvalue weighted by Gasteiger charge is 2.30. The van der Waals surface area contributed by atoms with Crippen molar-refractivity contribution in [1.29, 1.82) is 0 Å². The quantitative estimate of drug-likeness (QED) is 0.889. The SMILES string of the molecule is CC1=C(C(=O)O)CC(C(=O)O)=C(C)N1c1ccc(-n2ccnc2)cc1. The first-order chi connectivity index (χ1) is 11.9. The summed E-state index contributed by atoms with van der Waals surface area (Å²) in [6.45, 7) is 3.38.